The van der Waals surface area contributed by atoms with Gasteiger partial charge in [0.15, 0.2) is 17.5 Å². The molecule has 6 aromatic carbocycles. The van der Waals surface area contributed by atoms with Gasteiger partial charge in [-0.25, -0.2) is 15.0 Å². The minimum atomic E-state index is 0.589. The molecular weight excluding hydrogens is 552 g/mol. The number of rotatable bonds is 4. The van der Waals surface area contributed by atoms with Gasteiger partial charge >= 0.3 is 0 Å². The maximum atomic E-state index is 6.34. The predicted molar refractivity (Wildman–Crippen MR) is 182 cm³/mol. The van der Waals surface area contributed by atoms with Crippen molar-refractivity contribution in [1.29, 1.82) is 0 Å². The molecule has 0 spiro atoms. The average Bonchev–Trinajstić information content (AvgIpc) is 3.48. The Balaban J connectivity index is 1.23. The molecular formula is C40H24N4O. The van der Waals surface area contributed by atoms with Gasteiger partial charge in [0.25, 0.3) is 0 Å². The number of aromatic nitrogens is 4. The molecule has 0 amide bonds. The highest BCUT2D eigenvalue weighted by molar-refractivity contribution is 6.14. The van der Waals surface area contributed by atoms with Gasteiger partial charge in [-0.2, -0.15) is 0 Å². The van der Waals surface area contributed by atoms with E-state index in [4.69, 9.17) is 19.4 Å². The van der Waals surface area contributed by atoms with Crippen LogP contribution in [-0.2, 0) is 0 Å². The normalized spacial score (nSPS) is 11.6. The van der Waals surface area contributed by atoms with Crippen molar-refractivity contribution in [2.45, 2.75) is 0 Å². The largest absolute Gasteiger partial charge is 0.456 e. The highest BCUT2D eigenvalue weighted by atomic mass is 16.3. The van der Waals surface area contributed by atoms with Crippen LogP contribution in [-0.4, -0.2) is 19.9 Å². The molecule has 0 fully saturated rings. The topological polar surface area (TPSA) is 64.7 Å². The predicted octanol–water partition coefficient (Wildman–Crippen LogP) is 10.1. The third-order valence-electron chi connectivity index (χ3n) is 8.37. The van der Waals surface area contributed by atoms with Crippen molar-refractivity contribution in [3.8, 4) is 45.3 Å². The summed E-state index contributed by atoms with van der Waals surface area (Å²) in [6.45, 7) is 0. The van der Waals surface area contributed by atoms with Gasteiger partial charge in [-0.15, -0.1) is 0 Å². The zero-order valence-corrected chi connectivity index (χ0v) is 24.1. The van der Waals surface area contributed by atoms with Crippen molar-refractivity contribution in [2.75, 3.05) is 0 Å². The first-order valence-corrected chi connectivity index (χ1v) is 14.9. The summed E-state index contributed by atoms with van der Waals surface area (Å²) in [5, 5.41) is 5.42. The molecule has 0 radical (unpaired) electrons. The summed E-state index contributed by atoms with van der Waals surface area (Å²) in [6.07, 6.45) is 1.81. The van der Waals surface area contributed by atoms with E-state index in [0.29, 0.717) is 17.5 Å². The highest BCUT2D eigenvalue weighted by Crippen LogP contribution is 2.38. The first-order valence-electron chi connectivity index (χ1n) is 14.9. The Kier molecular flexibility index (Phi) is 5.74. The fraction of sp³-hybridized carbons (Fsp3) is 0. The lowest BCUT2D eigenvalue weighted by Crippen LogP contribution is -2.00. The summed E-state index contributed by atoms with van der Waals surface area (Å²) in [6, 6.07) is 47.6. The zero-order valence-electron chi connectivity index (χ0n) is 24.1. The maximum absolute atomic E-state index is 6.34. The minimum Gasteiger partial charge on any atom is -0.456 e. The molecule has 0 aliphatic carbocycles. The molecule has 5 nitrogen and oxygen atoms in total. The Morgan fingerprint density at radius 3 is 1.96 bits per heavy atom. The summed E-state index contributed by atoms with van der Waals surface area (Å²) in [7, 11) is 0. The molecule has 5 heteroatoms. The Hall–Kier alpha value is -6.20. The second-order valence-electron chi connectivity index (χ2n) is 11.1. The third kappa shape index (κ3) is 4.33. The van der Waals surface area contributed by atoms with Gasteiger partial charge in [0.05, 0.1) is 5.52 Å². The molecule has 0 N–H and O–H groups in total. The Labute approximate surface area is 258 Å². The summed E-state index contributed by atoms with van der Waals surface area (Å²) in [5.74, 6) is 1.82. The number of nitrogens with zero attached hydrogens (tertiary/aromatic N) is 4. The fourth-order valence-corrected chi connectivity index (χ4v) is 6.20. The van der Waals surface area contributed by atoms with E-state index in [9.17, 15) is 0 Å². The van der Waals surface area contributed by atoms with Crippen molar-refractivity contribution in [3.05, 3.63) is 146 Å². The van der Waals surface area contributed by atoms with Crippen LogP contribution in [0.2, 0.25) is 0 Å². The van der Waals surface area contributed by atoms with Gasteiger partial charge in [0, 0.05) is 39.0 Å². The van der Waals surface area contributed by atoms with Crippen LogP contribution in [0.15, 0.2) is 150 Å². The summed E-state index contributed by atoms with van der Waals surface area (Å²) < 4.78 is 6.34. The smallest absolute Gasteiger partial charge is 0.164 e. The molecule has 0 atom stereocenters. The number of pyridine rings is 1. The lowest BCUT2D eigenvalue weighted by Gasteiger charge is -2.10. The van der Waals surface area contributed by atoms with E-state index in [1.54, 1.807) is 0 Å². The molecule has 0 aliphatic rings. The maximum Gasteiger partial charge on any atom is 0.164 e. The third-order valence-corrected chi connectivity index (χ3v) is 8.37. The number of hydrogen-bond donors (Lipinski definition) is 0. The highest BCUT2D eigenvalue weighted by Gasteiger charge is 2.18. The van der Waals surface area contributed by atoms with Gasteiger partial charge in [0.2, 0.25) is 0 Å². The molecule has 45 heavy (non-hydrogen) atoms. The van der Waals surface area contributed by atoms with Crippen LogP contribution >= 0.6 is 0 Å². The van der Waals surface area contributed by atoms with E-state index < -0.39 is 0 Å². The van der Waals surface area contributed by atoms with E-state index >= 15 is 0 Å². The van der Waals surface area contributed by atoms with Gasteiger partial charge < -0.3 is 4.42 Å². The van der Waals surface area contributed by atoms with Crippen LogP contribution in [0.1, 0.15) is 0 Å². The monoisotopic (exact) mass is 576 g/mol. The molecule has 9 aromatic rings. The minimum absolute atomic E-state index is 0.589. The quantitative estimate of drug-likeness (QED) is 0.209. The van der Waals surface area contributed by atoms with Crippen LogP contribution in [0.5, 0.6) is 0 Å². The van der Waals surface area contributed by atoms with Crippen molar-refractivity contribution in [2.24, 2.45) is 0 Å². The molecule has 0 saturated carbocycles. The zero-order chi connectivity index (χ0) is 29.7. The standard InChI is InChI=1S/C40H24N4O/c1-2-10-27(11-3-1)38-42-39(28-20-18-26(19-21-28)31-15-6-12-25-9-4-5-14-30(25)31)44-40(43-38)32-16-7-17-35-37(32)33-24-34-29(13-8-22-41-34)23-36(33)45-35/h1-24H. The molecule has 0 aliphatic heterocycles. The van der Waals surface area contributed by atoms with Crippen LogP contribution < -0.4 is 0 Å². The Morgan fingerprint density at radius 1 is 0.422 bits per heavy atom. The second kappa shape index (κ2) is 10.2. The number of benzene rings is 6. The van der Waals surface area contributed by atoms with Crippen molar-refractivity contribution in [3.63, 3.8) is 0 Å². The van der Waals surface area contributed by atoms with Gasteiger partial charge in [-0.05, 0) is 46.2 Å². The van der Waals surface area contributed by atoms with E-state index in [-0.39, 0.29) is 0 Å². The first-order chi connectivity index (χ1) is 22.3. The SMILES string of the molecule is c1ccc(-c2nc(-c3ccc(-c4cccc5ccccc45)cc3)nc(-c3cccc4oc5cc6cccnc6cc5c34)n2)cc1. The second-order valence-corrected chi connectivity index (χ2v) is 11.1. The Bertz CT molecular complexity index is 2530. The molecule has 9 rings (SSSR count). The van der Waals surface area contributed by atoms with Crippen LogP contribution in [0.4, 0.5) is 0 Å². The van der Waals surface area contributed by atoms with E-state index in [1.165, 1.54) is 16.3 Å². The molecule has 210 valence electrons. The van der Waals surface area contributed by atoms with Gasteiger partial charge in [0.1, 0.15) is 11.2 Å². The number of hydrogen-bond acceptors (Lipinski definition) is 5. The van der Waals surface area contributed by atoms with Gasteiger partial charge in [-0.3, -0.25) is 4.98 Å². The van der Waals surface area contributed by atoms with Gasteiger partial charge in [-0.1, -0.05) is 115 Å². The van der Waals surface area contributed by atoms with Crippen molar-refractivity contribution < 1.29 is 4.42 Å². The lowest BCUT2D eigenvalue weighted by molar-refractivity contribution is 0.669. The van der Waals surface area contributed by atoms with Crippen LogP contribution in [0.25, 0.3) is 88.9 Å². The van der Waals surface area contributed by atoms with E-state index in [1.807, 2.05) is 66.9 Å². The first kappa shape index (κ1) is 25.3. The number of fused-ring (bicyclic) bond motifs is 5. The molecule has 0 unspecified atom stereocenters. The summed E-state index contributed by atoms with van der Waals surface area (Å²) in [5.41, 5.74) is 7.56. The molecule has 0 bridgehead atoms. The Morgan fingerprint density at radius 2 is 1.09 bits per heavy atom. The molecule has 3 aromatic heterocycles. The van der Waals surface area contributed by atoms with Crippen molar-refractivity contribution in [1.82, 2.24) is 19.9 Å². The average molecular weight is 577 g/mol. The summed E-state index contributed by atoms with van der Waals surface area (Å²) >= 11 is 0. The van der Waals surface area contributed by atoms with Crippen LogP contribution in [0.3, 0.4) is 0 Å². The number of furan rings is 1. The lowest BCUT2D eigenvalue weighted by atomic mass is 9.97. The summed E-state index contributed by atoms with van der Waals surface area (Å²) in [4.78, 5) is 19.6. The van der Waals surface area contributed by atoms with E-state index in [2.05, 4.69) is 83.8 Å². The molecule has 0 saturated heterocycles. The van der Waals surface area contributed by atoms with E-state index in [0.717, 1.165) is 55.1 Å². The fourth-order valence-electron chi connectivity index (χ4n) is 6.20. The molecule has 3 heterocycles. The van der Waals surface area contributed by atoms with Crippen molar-refractivity contribution >= 4 is 43.6 Å². The van der Waals surface area contributed by atoms with Crippen LogP contribution in [0, 0.1) is 0 Å².